The minimum Gasteiger partial charge on any atom is -0.442 e. The number of hydrogen-bond acceptors (Lipinski definition) is 6. The molecular formula is C16H23ClN4O3S. The molecule has 4 atom stereocenters. The lowest BCUT2D eigenvalue weighted by Gasteiger charge is -2.31. The van der Waals surface area contributed by atoms with Crippen molar-refractivity contribution < 1.29 is 14.3 Å². The normalized spacial score (nSPS) is 20.7. The van der Waals surface area contributed by atoms with Crippen LogP contribution in [0.25, 0.3) is 0 Å². The Bertz CT molecular complexity index is 639. The first-order valence-electron chi connectivity index (χ1n) is 7.96. The van der Waals surface area contributed by atoms with Crippen LogP contribution in [0.4, 0.5) is 4.79 Å². The second-order valence-corrected chi connectivity index (χ2v) is 7.73. The summed E-state index contributed by atoms with van der Waals surface area (Å²) < 4.78 is 5.91. The Balaban J connectivity index is 1.92. The minimum atomic E-state index is -0.417. The Hall–Kier alpha value is -1.61. The Morgan fingerprint density at radius 2 is 2.32 bits per heavy atom. The van der Waals surface area contributed by atoms with Crippen LogP contribution in [0.15, 0.2) is 24.8 Å². The van der Waals surface area contributed by atoms with E-state index in [1.165, 1.54) is 11.3 Å². The molecule has 0 bridgehead atoms. The van der Waals surface area contributed by atoms with E-state index >= 15 is 0 Å². The third-order valence-electron chi connectivity index (χ3n) is 4.38. The number of carbonyl (C=O) groups excluding carboxylic acids is 2. The van der Waals surface area contributed by atoms with Gasteiger partial charge in [0.1, 0.15) is 6.10 Å². The lowest BCUT2D eigenvalue weighted by atomic mass is 9.94. The number of nitrogens with two attached hydrogens (primary N) is 1. The number of amides is 2. The minimum absolute atomic E-state index is 0.00173. The summed E-state index contributed by atoms with van der Waals surface area (Å²) in [5, 5.41) is 2.77. The van der Waals surface area contributed by atoms with E-state index in [1.807, 2.05) is 13.8 Å². The Kier molecular flexibility index (Phi) is 6.83. The molecule has 1 aliphatic rings. The predicted octanol–water partition coefficient (Wildman–Crippen LogP) is 1.99. The molecule has 0 spiro atoms. The van der Waals surface area contributed by atoms with Crippen molar-refractivity contribution >= 4 is 34.9 Å². The number of cyclic esters (lactones) is 1. The van der Waals surface area contributed by atoms with E-state index in [2.05, 4.69) is 17.3 Å². The maximum absolute atomic E-state index is 12.2. The topological polar surface area (TPSA) is 96.7 Å². The summed E-state index contributed by atoms with van der Waals surface area (Å²) >= 11 is 7.03. The lowest BCUT2D eigenvalue weighted by molar-refractivity contribution is 0.0917. The van der Waals surface area contributed by atoms with Crippen molar-refractivity contribution in [2.75, 3.05) is 13.1 Å². The molecule has 1 unspecified atom stereocenters. The second-order valence-electron chi connectivity index (χ2n) is 6.01. The standard InChI is InChI=1S/C16H23ClN4O3S/c1-4-12(9(2)10(3)20-18)21-8-11(24-16(21)23)7-19-15(22)13-5-6-14(17)25-13/h4-6,9-12,20H,1,7-8,18H2,2-3H3,(H,19,22)/t9-,10+,11-,12?/m0/s1. The summed E-state index contributed by atoms with van der Waals surface area (Å²) in [5.74, 6) is 5.31. The number of ether oxygens (including phenoxy) is 1. The molecule has 2 rings (SSSR count). The molecule has 1 aromatic heterocycles. The van der Waals surface area contributed by atoms with Gasteiger partial charge in [0.15, 0.2) is 0 Å². The highest BCUT2D eigenvalue weighted by atomic mass is 35.5. The fourth-order valence-corrected chi connectivity index (χ4v) is 3.65. The van der Waals surface area contributed by atoms with Crippen LogP contribution in [-0.2, 0) is 4.74 Å². The van der Waals surface area contributed by atoms with Gasteiger partial charge in [-0.25, -0.2) is 4.79 Å². The highest BCUT2D eigenvalue weighted by Crippen LogP contribution is 2.23. The molecule has 2 heterocycles. The summed E-state index contributed by atoms with van der Waals surface area (Å²) in [4.78, 5) is 26.4. The van der Waals surface area contributed by atoms with Crippen molar-refractivity contribution in [1.29, 1.82) is 0 Å². The van der Waals surface area contributed by atoms with Crippen molar-refractivity contribution in [2.24, 2.45) is 11.8 Å². The monoisotopic (exact) mass is 386 g/mol. The first-order valence-corrected chi connectivity index (χ1v) is 9.16. The summed E-state index contributed by atoms with van der Waals surface area (Å²) in [7, 11) is 0. The molecule has 138 valence electrons. The zero-order valence-corrected chi connectivity index (χ0v) is 15.8. The van der Waals surface area contributed by atoms with E-state index in [4.69, 9.17) is 22.2 Å². The van der Waals surface area contributed by atoms with E-state index in [0.717, 1.165) is 0 Å². The van der Waals surface area contributed by atoms with E-state index in [9.17, 15) is 9.59 Å². The summed E-state index contributed by atoms with van der Waals surface area (Å²) in [6.45, 7) is 8.36. The van der Waals surface area contributed by atoms with Crippen LogP contribution in [0.5, 0.6) is 0 Å². The van der Waals surface area contributed by atoms with Gasteiger partial charge in [-0.1, -0.05) is 24.6 Å². The molecule has 2 amide bonds. The summed E-state index contributed by atoms with van der Waals surface area (Å²) in [6, 6.07) is 3.11. The summed E-state index contributed by atoms with van der Waals surface area (Å²) in [5.41, 5.74) is 2.70. The molecule has 0 radical (unpaired) electrons. The predicted molar refractivity (Wildman–Crippen MR) is 98.6 cm³/mol. The molecule has 0 aromatic carbocycles. The van der Waals surface area contributed by atoms with E-state index in [-0.39, 0.29) is 30.5 Å². The number of hydrogen-bond donors (Lipinski definition) is 3. The Morgan fingerprint density at radius 3 is 2.88 bits per heavy atom. The average Bonchev–Trinajstić information content (AvgIpc) is 3.19. The van der Waals surface area contributed by atoms with Crippen LogP contribution in [0, 0.1) is 5.92 Å². The molecule has 1 saturated heterocycles. The zero-order valence-electron chi connectivity index (χ0n) is 14.2. The van der Waals surface area contributed by atoms with Crippen LogP contribution in [-0.4, -0.2) is 48.2 Å². The smallest absolute Gasteiger partial charge is 0.410 e. The Labute approximate surface area is 156 Å². The van der Waals surface area contributed by atoms with Crippen LogP contribution >= 0.6 is 22.9 Å². The fourth-order valence-electron chi connectivity index (χ4n) is 2.69. The molecule has 9 heteroatoms. The molecule has 7 nitrogen and oxygen atoms in total. The lowest BCUT2D eigenvalue weighted by Crippen LogP contribution is -2.48. The van der Waals surface area contributed by atoms with Gasteiger partial charge >= 0.3 is 6.09 Å². The van der Waals surface area contributed by atoms with Crippen molar-refractivity contribution in [3.05, 3.63) is 34.0 Å². The average molecular weight is 387 g/mol. The van der Waals surface area contributed by atoms with E-state index < -0.39 is 12.2 Å². The largest absolute Gasteiger partial charge is 0.442 e. The molecule has 4 N–H and O–H groups in total. The van der Waals surface area contributed by atoms with Gasteiger partial charge in [0, 0.05) is 6.04 Å². The number of carbonyl (C=O) groups is 2. The zero-order chi connectivity index (χ0) is 18.6. The van der Waals surface area contributed by atoms with Crippen LogP contribution < -0.4 is 16.6 Å². The molecule has 0 saturated carbocycles. The van der Waals surface area contributed by atoms with Gasteiger partial charge < -0.3 is 10.1 Å². The van der Waals surface area contributed by atoms with Gasteiger partial charge in [0.2, 0.25) is 0 Å². The van der Waals surface area contributed by atoms with Gasteiger partial charge in [-0.3, -0.25) is 21.0 Å². The fraction of sp³-hybridized carbons (Fsp3) is 0.500. The molecular weight excluding hydrogens is 364 g/mol. The van der Waals surface area contributed by atoms with Gasteiger partial charge in [0.25, 0.3) is 5.91 Å². The highest BCUT2D eigenvalue weighted by molar-refractivity contribution is 7.17. The number of thiophene rings is 1. The molecule has 1 aliphatic heterocycles. The van der Waals surface area contributed by atoms with Gasteiger partial charge in [0.05, 0.1) is 28.3 Å². The molecule has 1 fully saturated rings. The molecule has 25 heavy (non-hydrogen) atoms. The third-order valence-corrected chi connectivity index (χ3v) is 5.61. The van der Waals surface area contributed by atoms with Crippen molar-refractivity contribution in [2.45, 2.75) is 32.0 Å². The molecule has 1 aromatic rings. The number of nitrogens with zero attached hydrogens (tertiary/aromatic N) is 1. The van der Waals surface area contributed by atoms with E-state index in [1.54, 1.807) is 23.1 Å². The van der Waals surface area contributed by atoms with Crippen molar-refractivity contribution in [1.82, 2.24) is 15.6 Å². The van der Waals surface area contributed by atoms with Crippen LogP contribution in [0.2, 0.25) is 4.34 Å². The third kappa shape index (κ3) is 4.72. The van der Waals surface area contributed by atoms with Crippen LogP contribution in [0.1, 0.15) is 23.5 Å². The maximum atomic E-state index is 12.2. The van der Waals surface area contributed by atoms with Gasteiger partial charge in [-0.05, 0) is 25.0 Å². The second kappa shape index (κ2) is 8.66. The van der Waals surface area contributed by atoms with Gasteiger partial charge in [-0.15, -0.1) is 17.9 Å². The number of rotatable bonds is 8. The van der Waals surface area contributed by atoms with Gasteiger partial charge in [-0.2, -0.15) is 0 Å². The van der Waals surface area contributed by atoms with Crippen molar-refractivity contribution in [3.8, 4) is 0 Å². The number of halogens is 1. The van der Waals surface area contributed by atoms with E-state index in [0.29, 0.717) is 15.8 Å². The Morgan fingerprint density at radius 1 is 1.60 bits per heavy atom. The number of hydrazine groups is 1. The summed E-state index contributed by atoms with van der Waals surface area (Å²) in [6.07, 6.45) is 0.885. The highest BCUT2D eigenvalue weighted by Gasteiger charge is 2.38. The van der Waals surface area contributed by atoms with Crippen LogP contribution in [0.3, 0.4) is 0 Å². The maximum Gasteiger partial charge on any atom is 0.410 e. The first-order chi connectivity index (χ1) is 11.9. The van der Waals surface area contributed by atoms with Crippen molar-refractivity contribution in [3.63, 3.8) is 0 Å². The molecule has 0 aliphatic carbocycles. The SMILES string of the molecule is C=CC([C@@H](C)[C@@H](C)NN)N1C[C@H](CNC(=O)c2ccc(Cl)s2)OC1=O. The quantitative estimate of drug-likeness (QED) is 0.360. The number of nitrogens with one attached hydrogen (secondary N) is 2. The first kappa shape index (κ1) is 19.7.